The third kappa shape index (κ3) is 5.19. The lowest BCUT2D eigenvalue weighted by Crippen LogP contribution is -2.37. The highest BCUT2D eigenvalue weighted by Gasteiger charge is 2.17. The summed E-state index contributed by atoms with van der Waals surface area (Å²) in [6, 6.07) is 0. The topological polar surface area (TPSA) is 52.6 Å². The second-order valence-electron chi connectivity index (χ2n) is 4.92. The van der Waals surface area contributed by atoms with E-state index in [0.717, 1.165) is 19.0 Å². The monoisotopic (exact) mass is 254 g/mol. The Balaban J connectivity index is 2.17. The predicted molar refractivity (Wildman–Crippen MR) is 73.7 cm³/mol. The lowest BCUT2D eigenvalue weighted by atomic mass is 9.97. The minimum absolute atomic E-state index is 0.503. The highest BCUT2D eigenvalue weighted by atomic mass is 16.4. The molecule has 0 aromatic carbocycles. The van der Waals surface area contributed by atoms with Crippen molar-refractivity contribution in [2.75, 3.05) is 32.7 Å². The molecule has 0 aliphatic carbocycles. The molecule has 0 bridgehead atoms. The normalized spacial score (nSPS) is 19.1. The number of nitrogens with one attached hydrogen (secondary N) is 1. The van der Waals surface area contributed by atoms with Gasteiger partial charge in [0.2, 0.25) is 0 Å². The van der Waals surface area contributed by atoms with Crippen LogP contribution in [0.5, 0.6) is 0 Å². The number of hydrogen-bond acceptors (Lipinski definition) is 3. The molecule has 104 valence electrons. The van der Waals surface area contributed by atoms with Crippen LogP contribution in [0.4, 0.5) is 0 Å². The fraction of sp³-hybridized carbons (Fsp3) is 0.786. The van der Waals surface area contributed by atoms with E-state index in [1.54, 1.807) is 6.08 Å². The molecule has 2 N–H and O–H groups in total. The molecule has 0 aromatic rings. The fourth-order valence-corrected chi connectivity index (χ4v) is 2.37. The average molecular weight is 254 g/mol. The Morgan fingerprint density at radius 2 is 2.06 bits per heavy atom. The first kappa shape index (κ1) is 15.2. The van der Waals surface area contributed by atoms with Gasteiger partial charge in [-0.15, -0.1) is 0 Å². The zero-order valence-corrected chi connectivity index (χ0v) is 11.6. The minimum atomic E-state index is -0.796. The molecule has 1 aliphatic rings. The van der Waals surface area contributed by atoms with Crippen LogP contribution < -0.4 is 5.32 Å². The summed E-state index contributed by atoms with van der Waals surface area (Å²) >= 11 is 0. The van der Waals surface area contributed by atoms with Crippen molar-refractivity contribution in [1.29, 1.82) is 0 Å². The van der Waals surface area contributed by atoms with Gasteiger partial charge in [-0.2, -0.15) is 0 Å². The van der Waals surface area contributed by atoms with E-state index in [-0.39, 0.29) is 0 Å². The van der Waals surface area contributed by atoms with Crippen molar-refractivity contribution in [3.63, 3.8) is 0 Å². The summed E-state index contributed by atoms with van der Waals surface area (Å²) in [7, 11) is 0. The molecular formula is C14H26N2O2. The molecule has 4 heteroatoms. The second kappa shape index (κ2) is 8.27. The first-order chi connectivity index (χ1) is 8.67. The largest absolute Gasteiger partial charge is 0.478 e. The van der Waals surface area contributed by atoms with E-state index in [4.69, 9.17) is 5.11 Å². The number of hydrogen-bond donors (Lipinski definition) is 2. The van der Waals surface area contributed by atoms with Gasteiger partial charge in [0.25, 0.3) is 0 Å². The van der Waals surface area contributed by atoms with Gasteiger partial charge < -0.3 is 15.3 Å². The number of carboxylic acid groups (broad SMARTS) is 1. The van der Waals surface area contributed by atoms with Crippen LogP contribution in [0.1, 0.15) is 33.1 Å². The molecule has 1 fully saturated rings. The zero-order chi connectivity index (χ0) is 13.4. The van der Waals surface area contributed by atoms with Crippen molar-refractivity contribution in [3.8, 4) is 0 Å². The molecule has 0 unspecified atom stereocenters. The maximum absolute atomic E-state index is 10.8. The van der Waals surface area contributed by atoms with Gasteiger partial charge in [0.1, 0.15) is 0 Å². The Hall–Kier alpha value is -0.870. The van der Waals surface area contributed by atoms with Crippen molar-refractivity contribution >= 4 is 5.97 Å². The van der Waals surface area contributed by atoms with Gasteiger partial charge in [-0.3, -0.25) is 0 Å². The van der Waals surface area contributed by atoms with Crippen LogP contribution >= 0.6 is 0 Å². The Morgan fingerprint density at radius 1 is 1.39 bits per heavy atom. The maximum Gasteiger partial charge on any atom is 0.331 e. The van der Waals surface area contributed by atoms with Gasteiger partial charge in [0.15, 0.2) is 0 Å². The van der Waals surface area contributed by atoms with E-state index in [0.29, 0.717) is 18.5 Å². The van der Waals surface area contributed by atoms with Crippen LogP contribution in [0.3, 0.4) is 0 Å². The quantitative estimate of drug-likeness (QED) is 0.536. The molecule has 1 heterocycles. The predicted octanol–water partition coefficient (Wildman–Crippen LogP) is 1.73. The molecule has 0 spiro atoms. The maximum atomic E-state index is 10.8. The Labute approximate surface area is 110 Å². The summed E-state index contributed by atoms with van der Waals surface area (Å²) in [5, 5.41) is 12.2. The molecule has 0 saturated carbocycles. The van der Waals surface area contributed by atoms with Crippen LogP contribution in [0, 0.1) is 5.92 Å². The van der Waals surface area contributed by atoms with Crippen LogP contribution in [0.2, 0.25) is 0 Å². The molecule has 18 heavy (non-hydrogen) atoms. The van der Waals surface area contributed by atoms with Gasteiger partial charge in [-0.25, -0.2) is 4.79 Å². The van der Waals surface area contributed by atoms with Crippen molar-refractivity contribution < 1.29 is 9.90 Å². The first-order valence-electron chi connectivity index (χ1n) is 7.02. The number of likely N-dealkylation sites (tertiary alicyclic amines) is 1. The van der Waals surface area contributed by atoms with E-state index in [1.807, 2.05) is 6.92 Å². The lowest BCUT2D eigenvalue weighted by Gasteiger charge is -2.31. The molecule has 1 rings (SSSR count). The fourth-order valence-electron chi connectivity index (χ4n) is 2.37. The Bertz CT molecular complexity index is 282. The number of rotatable bonds is 7. The molecule has 0 aromatic heterocycles. The Morgan fingerprint density at radius 3 is 2.56 bits per heavy atom. The Kier molecular flexibility index (Phi) is 6.98. The lowest BCUT2D eigenvalue weighted by molar-refractivity contribution is -0.132. The van der Waals surface area contributed by atoms with E-state index in [1.165, 1.54) is 25.9 Å². The highest BCUT2D eigenvalue weighted by Crippen LogP contribution is 2.15. The summed E-state index contributed by atoms with van der Waals surface area (Å²) in [6.07, 6.45) is 4.89. The van der Waals surface area contributed by atoms with Gasteiger partial charge in [0, 0.05) is 12.1 Å². The van der Waals surface area contributed by atoms with Crippen molar-refractivity contribution in [2.24, 2.45) is 5.92 Å². The smallest absolute Gasteiger partial charge is 0.331 e. The van der Waals surface area contributed by atoms with Gasteiger partial charge in [-0.1, -0.05) is 19.9 Å². The van der Waals surface area contributed by atoms with Gasteiger partial charge >= 0.3 is 5.97 Å². The standard InChI is InChI=1S/C14H26N2O2/c1-3-13(14(17)18)5-8-15-11-12-6-9-16(4-2)10-7-12/h5,12,15H,3-4,6-11H2,1-2H3,(H,17,18)/b13-5-. The summed E-state index contributed by atoms with van der Waals surface area (Å²) in [4.78, 5) is 13.3. The number of carboxylic acids is 1. The van der Waals surface area contributed by atoms with E-state index in [9.17, 15) is 4.79 Å². The second-order valence-corrected chi connectivity index (χ2v) is 4.92. The van der Waals surface area contributed by atoms with Crippen LogP contribution in [0.25, 0.3) is 0 Å². The van der Waals surface area contributed by atoms with Crippen molar-refractivity contribution in [3.05, 3.63) is 11.6 Å². The van der Waals surface area contributed by atoms with Gasteiger partial charge in [0.05, 0.1) is 0 Å². The molecule has 4 nitrogen and oxygen atoms in total. The molecule has 0 atom stereocenters. The molecule has 0 amide bonds. The average Bonchev–Trinajstić information content (AvgIpc) is 2.39. The first-order valence-corrected chi connectivity index (χ1v) is 7.02. The van der Waals surface area contributed by atoms with Crippen molar-refractivity contribution in [2.45, 2.75) is 33.1 Å². The van der Waals surface area contributed by atoms with Crippen LogP contribution in [0.15, 0.2) is 11.6 Å². The molecule has 1 aliphatic heterocycles. The number of carbonyl (C=O) groups is 1. The minimum Gasteiger partial charge on any atom is -0.478 e. The zero-order valence-electron chi connectivity index (χ0n) is 11.6. The number of piperidine rings is 1. The number of aliphatic carboxylic acids is 1. The summed E-state index contributed by atoms with van der Waals surface area (Å²) < 4.78 is 0. The summed E-state index contributed by atoms with van der Waals surface area (Å²) in [5.41, 5.74) is 0.503. The van der Waals surface area contributed by atoms with Gasteiger partial charge in [-0.05, 0) is 51.4 Å². The van der Waals surface area contributed by atoms with E-state index in [2.05, 4.69) is 17.1 Å². The highest BCUT2D eigenvalue weighted by molar-refractivity contribution is 5.86. The number of nitrogens with zero attached hydrogens (tertiary/aromatic N) is 1. The van der Waals surface area contributed by atoms with E-state index < -0.39 is 5.97 Å². The third-order valence-electron chi connectivity index (χ3n) is 3.74. The molecule has 1 saturated heterocycles. The summed E-state index contributed by atoms with van der Waals surface area (Å²) in [6.45, 7) is 9.32. The van der Waals surface area contributed by atoms with Crippen molar-refractivity contribution in [1.82, 2.24) is 10.2 Å². The SMILES string of the molecule is CC/C(=C/CNCC1CCN(CC)CC1)C(=O)O. The van der Waals surface area contributed by atoms with Crippen LogP contribution in [-0.4, -0.2) is 48.7 Å². The van der Waals surface area contributed by atoms with E-state index >= 15 is 0 Å². The van der Waals surface area contributed by atoms with Crippen LogP contribution in [-0.2, 0) is 4.79 Å². The molecule has 0 radical (unpaired) electrons. The molecular weight excluding hydrogens is 228 g/mol. The summed E-state index contributed by atoms with van der Waals surface area (Å²) in [5.74, 6) is -0.0494. The third-order valence-corrected chi connectivity index (χ3v) is 3.74.